The average Bonchev–Trinajstić information content (AvgIpc) is 2.86. The predicted octanol–water partition coefficient (Wildman–Crippen LogP) is 2.41. The molecule has 2 unspecified atom stereocenters. The highest BCUT2D eigenvalue weighted by Crippen LogP contribution is 2.32. The van der Waals surface area contributed by atoms with Crippen LogP contribution >= 0.6 is 11.3 Å². The second-order valence-corrected chi connectivity index (χ2v) is 8.47. The Morgan fingerprint density at radius 3 is 2.95 bits per heavy atom. The second kappa shape index (κ2) is 6.56. The fourth-order valence-electron chi connectivity index (χ4n) is 2.88. The second-order valence-electron chi connectivity index (χ2n) is 5.54. The third-order valence-corrected chi connectivity index (χ3v) is 6.30. The maximum atomic E-state index is 11.6. The summed E-state index contributed by atoms with van der Waals surface area (Å²) < 4.78 is 24.8. The van der Waals surface area contributed by atoms with Gasteiger partial charge < -0.3 is 5.11 Å². The molecule has 1 saturated heterocycles. The molecule has 20 heavy (non-hydrogen) atoms. The number of thiophene rings is 1. The molecule has 1 aromatic heterocycles. The van der Waals surface area contributed by atoms with Crippen molar-refractivity contribution in [2.45, 2.75) is 38.7 Å². The Kier molecular flexibility index (Phi) is 5.23. The summed E-state index contributed by atoms with van der Waals surface area (Å²) in [5, 5.41) is 12.4. The van der Waals surface area contributed by atoms with Crippen LogP contribution < -0.4 is 0 Å². The molecule has 0 radical (unpaired) electrons. The van der Waals surface area contributed by atoms with Crippen molar-refractivity contribution in [1.29, 1.82) is 0 Å². The SMILES string of the molecule is CCc1ccsc1C(O)CC1CCCN(S(C)(=O)=O)C1. The van der Waals surface area contributed by atoms with Gasteiger partial charge in [0.05, 0.1) is 12.4 Å². The van der Waals surface area contributed by atoms with Crippen LogP contribution in [0.2, 0.25) is 0 Å². The van der Waals surface area contributed by atoms with Crippen LogP contribution in [-0.4, -0.2) is 37.2 Å². The van der Waals surface area contributed by atoms with Crippen molar-refractivity contribution in [2.75, 3.05) is 19.3 Å². The first-order chi connectivity index (χ1) is 9.41. The van der Waals surface area contributed by atoms with Gasteiger partial charge in [-0.15, -0.1) is 11.3 Å². The zero-order valence-corrected chi connectivity index (χ0v) is 13.7. The number of sulfonamides is 1. The van der Waals surface area contributed by atoms with Crippen LogP contribution in [0.25, 0.3) is 0 Å². The minimum atomic E-state index is -3.11. The minimum Gasteiger partial charge on any atom is -0.388 e. The third kappa shape index (κ3) is 3.81. The molecule has 0 bridgehead atoms. The molecule has 0 saturated carbocycles. The van der Waals surface area contributed by atoms with E-state index in [1.54, 1.807) is 15.6 Å². The number of piperidine rings is 1. The average molecular weight is 317 g/mol. The maximum absolute atomic E-state index is 11.6. The van der Waals surface area contributed by atoms with E-state index in [0.717, 1.165) is 24.1 Å². The molecule has 0 aliphatic carbocycles. The highest BCUT2D eigenvalue weighted by atomic mass is 32.2. The Morgan fingerprint density at radius 2 is 2.30 bits per heavy atom. The fraction of sp³-hybridized carbons (Fsp3) is 0.714. The molecule has 0 amide bonds. The number of rotatable bonds is 5. The Bertz CT molecular complexity index is 538. The first-order valence-electron chi connectivity index (χ1n) is 7.11. The Labute approximate surface area is 125 Å². The van der Waals surface area contributed by atoms with Crippen molar-refractivity contribution >= 4 is 21.4 Å². The number of aliphatic hydroxyl groups excluding tert-OH is 1. The molecule has 2 rings (SSSR count). The largest absolute Gasteiger partial charge is 0.388 e. The summed E-state index contributed by atoms with van der Waals surface area (Å²) in [4.78, 5) is 1.05. The summed E-state index contributed by atoms with van der Waals surface area (Å²) in [6.45, 7) is 3.25. The van der Waals surface area contributed by atoms with E-state index in [1.165, 1.54) is 11.8 Å². The van der Waals surface area contributed by atoms with Gasteiger partial charge in [0.1, 0.15) is 0 Å². The zero-order chi connectivity index (χ0) is 14.8. The van der Waals surface area contributed by atoms with Gasteiger partial charge >= 0.3 is 0 Å². The molecule has 1 aliphatic heterocycles. The summed E-state index contributed by atoms with van der Waals surface area (Å²) in [7, 11) is -3.11. The van der Waals surface area contributed by atoms with Crippen molar-refractivity contribution in [2.24, 2.45) is 5.92 Å². The molecule has 6 heteroatoms. The number of aryl methyl sites for hydroxylation is 1. The van der Waals surface area contributed by atoms with Crippen molar-refractivity contribution in [3.05, 3.63) is 21.9 Å². The summed E-state index contributed by atoms with van der Waals surface area (Å²) in [6, 6.07) is 2.06. The summed E-state index contributed by atoms with van der Waals surface area (Å²) in [5.74, 6) is 0.250. The molecule has 1 fully saturated rings. The fourth-order valence-corrected chi connectivity index (χ4v) is 4.81. The topological polar surface area (TPSA) is 57.6 Å². The molecule has 1 aromatic rings. The van der Waals surface area contributed by atoms with Gasteiger partial charge in [0, 0.05) is 18.0 Å². The minimum absolute atomic E-state index is 0.250. The van der Waals surface area contributed by atoms with Gasteiger partial charge in [-0.2, -0.15) is 0 Å². The molecule has 0 spiro atoms. The lowest BCUT2D eigenvalue weighted by molar-refractivity contribution is 0.125. The summed E-state index contributed by atoms with van der Waals surface area (Å²) in [6.07, 6.45) is 4.26. The van der Waals surface area contributed by atoms with Crippen LogP contribution in [0, 0.1) is 5.92 Å². The van der Waals surface area contributed by atoms with Crippen LogP contribution in [-0.2, 0) is 16.4 Å². The Hall–Kier alpha value is -0.430. The quantitative estimate of drug-likeness (QED) is 0.907. The number of nitrogens with zero attached hydrogens (tertiary/aromatic N) is 1. The van der Waals surface area contributed by atoms with E-state index >= 15 is 0 Å². The van der Waals surface area contributed by atoms with Crippen molar-refractivity contribution < 1.29 is 13.5 Å². The third-order valence-electron chi connectivity index (χ3n) is 3.97. The van der Waals surface area contributed by atoms with Gasteiger partial charge in [-0.25, -0.2) is 12.7 Å². The molecule has 2 atom stereocenters. The molecule has 1 aliphatic rings. The van der Waals surface area contributed by atoms with Gasteiger partial charge in [0.15, 0.2) is 0 Å². The Morgan fingerprint density at radius 1 is 1.55 bits per heavy atom. The summed E-state index contributed by atoms with van der Waals surface area (Å²) in [5.41, 5.74) is 1.21. The van der Waals surface area contributed by atoms with E-state index in [2.05, 4.69) is 13.0 Å². The van der Waals surface area contributed by atoms with Crippen LogP contribution in [0.5, 0.6) is 0 Å². The van der Waals surface area contributed by atoms with E-state index in [1.807, 2.05) is 5.38 Å². The number of aliphatic hydroxyl groups is 1. The highest BCUT2D eigenvalue weighted by molar-refractivity contribution is 7.88. The lowest BCUT2D eigenvalue weighted by Gasteiger charge is -2.32. The molecule has 2 heterocycles. The van der Waals surface area contributed by atoms with Crippen LogP contribution in [0.15, 0.2) is 11.4 Å². The maximum Gasteiger partial charge on any atom is 0.211 e. The summed E-state index contributed by atoms with van der Waals surface area (Å²) >= 11 is 1.60. The van der Waals surface area contributed by atoms with E-state index < -0.39 is 16.1 Å². The first-order valence-corrected chi connectivity index (χ1v) is 9.84. The molecule has 1 N–H and O–H groups in total. The van der Waals surface area contributed by atoms with Crippen molar-refractivity contribution in [1.82, 2.24) is 4.31 Å². The van der Waals surface area contributed by atoms with E-state index in [0.29, 0.717) is 19.5 Å². The molecule has 0 aromatic carbocycles. The lowest BCUT2D eigenvalue weighted by Crippen LogP contribution is -2.39. The van der Waals surface area contributed by atoms with Crippen molar-refractivity contribution in [3.8, 4) is 0 Å². The zero-order valence-electron chi connectivity index (χ0n) is 12.1. The van der Waals surface area contributed by atoms with Gasteiger partial charge in [0.25, 0.3) is 0 Å². The number of hydrogen-bond donors (Lipinski definition) is 1. The normalized spacial score (nSPS) is 22.9. The van der Waals surface area contributed by atoms with Crippen LogP contribution in [0.4, 0.5) is 0 Å². The van der Waals surface area contributed by atoms with Gasteiger partial charge in [0.2, 0.25) is 10.0 Å². The number of hydrogen-bond acceptors (Lipinski definition) is 4. The Balaban J connectivity index is 1.99. The molecule has 114 valence electrons. The standard InChI is InChI=1S/C14H23NO3S2/c1-3-12-6-8-19-14(12)13(16)9-11-5-4-7-15(10-11)20(2,17)18/h6,8,11,13,16H,3-5,7,9-10H2,1-2H3. The predicted molar refractivity (Wildman–Crippen MR) is 82.4 cm³/mol. The highest BCUT2D eigenvalue weighted by Gasteiger charge is 2.28. The van der Waals surface area contributed by atoms with Gasteiger partial charge in [-0.05, 0) is 48.6 Å². The van der Waals surface area contributed by atoms with E-state index in [4.69, 9.17) is 0 Å². The van der Waals surface area contributed by atoms with Crippen molar-refractivity contribution in [3.63, 3.8) is 0 Å². The van der Waals surface area contributed by atoms with Gasteiger partial charge in [-0.1, -0.05) is 6.92 Å². The van der Waals surface area contributed by atoms with Crippen LogP contribution in [0.1, 0.15) is 42.7 Å². The van der Waals surface area contributed by atoms with E-state index in [9.17, 15) is 13.5 Å². The lowest BCUT2D eigenvalue weighted by atomic mass is 9.92. The van der Waals surface area contributed by atoms with E-state index in [-0.39, 0.29) is 5.92 Å². The smallest absolute Gasteiger partial charge is 0.211 e. The van der Waals surface area contributed by atoms with Crippen LogP contribution in [0.3, 0.4) is 0 Å². The molecular formula is C14H23NO3S2. The molecular weight excluding hydrogens is 294 g/mol. The monoisotopic (exact) mass is 317 g/mol. The first kappa shape index (κ1) is 15.9. The molecule has 4 nitrogen and oxygen atoms in total. The van der Waals surface area contributed by atoms with Gasteiger partial charge in [-0.3, -0.25) is 0 Å².